The van der Waals surface area contributed by atoms with Crippen LogP contribution in [0.3, 0.4) is 0 Å². The minimum absolute atomic E-state index is 0.0866. The van der Waals surface area contributed by atoms with Crippen molar-refractivity contribution in [2.45, 2.75) is 39.3 Å². The van der Waals surface area contributed by atoms with Crippen molar-refractivity contribution < 1.29 is 4.74 Å². The maximum absolute atomic E-state index is 6.35. The van der Waals surface area contributed by atoms with E-state index in [0.717, 1.165) is 26.2 Å². The molecule has 1 fully saturated rings. The highest BCUT2D eigenvalue weighted by atomic mass is 16.5. The first-order valence-electron chi connectivity index (χ1n) is 6.72. The second-order valence-electron chi connectivity index (χ2n) is 5.36. The van der Waals surface area contributed by atoms with Crippen LogP contribution in [-0.4, -0.2) is 25.8 Å². The van der Waals surface area contributed by atoms with Crippen LogP contribution in [0.4, 0.5) is 0 Å². The highest BCUT2D eigenvalue weighted by molar-refractivity contribution is 5.38. The van der Waals surface area contributed by atoms with Gasteiger partial charge in [-0.2, -0.15) is 0 Å². The number of morpholine rings is 1. The molecule has 0 saturated carbocycles. The molecule has 1 aromatic carbocycles. The van der Waals surface area contributed by atoms with Gasteiger partial charge in [0.05, 0.1) is 13.2 Å². The van der Waals surface area contributed by atoms with Gasteiger partial charge in [0.25, 0.3) is 0 Å². The van der Waals surface area contributed by atoms with Gasteiger partial charge >= 0.3 is 0 Å². The van der Waals surface area contributed by atoms with E-state index in [1.807, 2.05) is 0 Å². The van der Waals surface area contributed by atoms with Crippen LogP contribution in [0, 0.1) is 20.8 Å². The molecule has 100 valence electrons. The highest BCUT2D eigenvalue weighted by Gasteiger charge is 2.19. The van der Waals surface area contributed by atoms with Crippen LogP contribution in [0.5, 0.6) is 0 Å². The zero-order valence-corrected chi connectivity index (χ0v) is 11.6. The molecule has 2 unspecified atom stereocenters. The van der Waals surface area contributed by atoms with Crippen LogP contribution in [0.25, 0.3) is 0 Å². The molecule has 2 atom stereocenters. The fourth-order valence-electron chi connectivity index (χ4n) is 2.59. The zero-order valence-electron chi connectivity index (χ0n) is 11.6. The molecule has 0 aromatic heterocycles. The van der Waals surface area contributed by atoms with Gasteiger partial charge in [-0.25, -0.2) is 0 Å². The molecule has 1 saturated heterocycles. The van der Waals surface area contributed by atoms with Crippen LogP contribution in [0.2, 0.25) is 0 Å². The molecule has 2 rings (SSSR count). The van der Waals surface area contributed by atoms with Crippen LogP contribution in [0.1, 0.15) is 34.7 Å². The fourth-order valence-corrected chi connectivity index (χ4v) is 2.59. The zero-order chi connectivity index (χ0) is 13.1. The van der Waals surface area contributed by atoms with E-state index in [2.05, 4.69) is 38.2 Å². The van der Waals surface area contributed by atoms with Crippen molar-refractivity contribution in [1.82, 2.24) is 5.32 Å². The molecule has 3 nitrogen and oxygen atoms in total. The Balaban J connectivity index is 2.08. The predicted molar refractivity (Wildman–Crippen MR) is 74.8 cm³/mol. The minimum atomic E-state index is 0.0866. The lowest BCUT2D eigenvalue weighted by molar-refractivity contribution is 0.0719. The summed E-state index contributed by atoms with van der Waals surface area (Å²) in [5, 5.41) is 3.46. The van der Waals surface area contributed by atoms with E-state index in [1.165, 1.54) is 22.3 Å². The molecule has 0 radical (unpaired) electrons. The Morgan fingerprint density at radius 3 is 2.67 bits per heavy atom. The minimum Gasteiger partial charge on any atom is -0.379 e. The molecule has 18 heavy (non-hydrogen) atoms. The topological polar surface area (TPSA) is 47.3 Å². The van der Waals surface area contributed by atoms with Gasteiger partial charge in [0.2, 0.25) is 0 Å². The monoisotopic (exact) mass is 248 g/mol. The van der Waals surface area contributed by atoms with Crippen LogP contribution in [0.15, 0.2) is 12.1 Å². The quantitative estimate of drug-likeness (QED) is 0.860. The van der Waals surface area contributed by atoms with E-state index in [4.69, 9.17) is 10.5 Å². The third kappa shape index (κ3) is 3.10. The van der Waals surface area contributed by atoms with Gasteiger partial charge in [0.1, 0.15) is 0 Å². The molecular formula is C15H24N2O. The Labute approximate surface area is 110 Å². The van der Waals surface area contributed by atoms with Crippen molar-refractivity contribution in [3.8, 4) is 0 Å². The lowest BCUT2D eigenvalue weighted by atomic mass is 9.92. The van der Waals surface area contributed by atoms with Crippen molar-refractivity contribution >= 4 is 0 Å². The van der Waals surface area contributed by atoms with E-state index >= 15 is 0 Å². The van der Waals surface area contributed by atoms with Gasteiger partial charge in [-0.1, -0.05) is 12.1 Å². The Bertz CT molecular complexity index is 411. The summed E-state index contributed by atoms with van der Waals surface area (Å²) >= 11 is 0. The predicted octanol–water partition coefficient (Wildman–Crippen LogP) is 1.99. The van der Waals surface area contributed by atoms with Gasteiger partial charge in [-0.05, 0) is 49.4 Å². The smallest absolute Gasteiger partial charge is 0.0620 e. The Morgan fingerprint density at radius 1 is 1.28 bits per heavy atom. The lowest BCUT2D eigenvalue weighted by Crippen LogP contribution is -2.42. The van der Waals surface area contributed by atoms with E-state index < -0.39 is 0 Å². The first-order valence-corrected chi connectivity index (χ1v) is 6.72. The van der Waals surface area contributed by atoms with Crippen molar-refractivity contribution in [3.05, 3.63) is 34.4 Å². The summed E-state index contributed by atoms with van der Waals surface area (Å²) in [4.78, 5) is 0. The van der Waals surface area contributed by atoms with Gasteiger partial charge in [-0.15, -0.1) is 0 Å². The van der Waals surface area contributed by atoms with Crippen molar-refractivity contribution in [2.24, 2.45) is 5.73 Å². The molecule has 1 aromatic rings. The molecule has 1 aliphatic heterocycles. The number of nitrogens with two attached hydrogens (primary N) is 1. The van der Waals surface area contributed by atoms with Gasteiger partial charge in [-0.3, -0.25) is 0 Å². The Hall–Kier alpha value is -0.900. The summed E-state index contributed by atoms with van der Waals surface area (Å²) in [5.41, 5.74) is 11.6. The Kier molecular flexibility index (Phi) is 4.38. The lowest BCUT2D eigenvalue weighted by Gasteiger charge is -2.27. The summed E-state index contributed by atoms with van der Waals surface area (Å²) < 4.78 is 5.47. The SMILES string of the molecule is Cc1cc(C)c(C(N)CC2COCCN2)cc1C. The van der Waals surface area contributed by atoms with Crippen molar-refractivity contribution in [3.63, 3.8) is 0 Å². The number of benzene rings is 1. The summed E-state index contributed by atoms with van der Waals surface area (Å²) in [7, 11) is 0. The molecule has 0 aliphatic carbocycles. The molecule has 1 aliphatic rings. The summed E-state index contributed by atoms with van der Waals surface area (Å²) in [5.74, 6) is 0. The normalized spacial score (nSPS) is 21.9. The molecule has 0 amide bonds. The average Bonchev–Trinajstić information content (AvgIpc) is 2.35. The van der Waals surface area contributed by atoms with Crippen LogP contribution >= 0.6 is 0 Å². The number of rotatable bonds is 3. The molecule has 3 heteroatoms. The standard InChI is InChI=1S/C15H24N2O/c1-10-6-12(3)14(7-11(10)2)15(16)8-13-9-18-5-4-17-13/h6-7,13,15,17H,4-5,8-9,16H2,1-3H3. The van der Waals surface area contributed by atoms with E-state index in [0.29, 0.717) is 6.04 Å². The van der Waals surface area contributed by atoms with Gasteiger partial charge < -0.3 is 15.8 Å². The first kappa shape index (κ1) is 13.5. The van der Waals surface area contributed by atoms with E-state index in [1.54, 1.807) is 0 Å². The third-order valence-corrected chi connectivity index (χ3v) is 3.82. The molecular weight excluding hydrogens is 224 g/mol. The third-order valence-electron chi connectivity index (χ3n) is 3.82. The number of nitrogens with one attached hydrogen (secondary N) is 1. The van der Waals surface area contributed by atoms with Crippen LogP contribution < -0.4 is 11.1 Å². The molecule has 0 spiro atoms. The average molecular weight is 248 g/mol. The van der Waals surface area contributed by atoms with Gasteiger partial charge in [0.15, 0.2) is 0 Å². The Morgan fingerprint density at radius 2 is 2.00 bits per heavy atom. The maximum Gasteiger partial charge on any atom is 0.0620 e. The molecule has 0 bridgehead atoms. The number of hydrogen-bond acceptors (Lipinski definition) is 3. The molecule has 3 N–H and O–H groups in total. The van der Waals surface area contributed by atoms with Crippen LogP contribution in [-0.2, 0) is 4.74 Å². The first-order chi connectivity index (χ1) is 8.58. The van der Waals surface area contributed by atoms with E-state index in [9.17, 15) is 0 Å². The summed E-state index contributed by atoms with van der Waals surface area (Å²) in [6, 6.07) is 4.94. The molecule has 1 heterocycles. The second-order valence-corrected chi connectivity index (χ2v) is 5.36. The number of aryl methyl sites for hydroxylation is 3. The van der Waals surface area contributed by atoms with Gasteiger partial charge in [0, 0.05) is 18.6 Å². The van der Waals surface area contributed by atoms with E-state index in [-0.39, 0.29) is 6.04 Å². The number of ether oxygens (including phenoxy) is 1. The summed E-state index contributed by atoms with van der Waals surface area (Å²) in [6.45, 7) is 8.96. The fraction of sp³-hybridized carbons (Fsp3) is 0.600. The number of hydrogen-bond donors (Lipinski definition) is 2. The van der Waals surface area contributed by atoms with Crippen molar-refractivity contribution in [1.29, 1.82) is 0 Å². The highest BCUT2D eigenvalue weighted by Crippen LogP contribution is 2.23. The largest absolute Gasteiger partial charge is 0.379 e. The summed E-state index contributed by atoms with van der Waals surface area (Å²) in [6.07, 6.45) is 0.934. The van der Waals surface area contributed by atoms with Crippen molar-refractivity contribution in [2.75, 3.05) is 19.8 Å². The second kappa shape index (κ2) is 5.83. The maximum atomic E-state index is 6.35.